The molecule has 0 radical (unpaired) electrons. The van der Waals surface area contributed by atoms with Gasteiger partial charge in [-0.25, -0.2) is 9.78 Å². The van der Waals surface area contributed by atoms with Crippen molar-refractivity contribution in [2.24, 2.45) is 7.05 Å². The van der Waals surface area contributed by atoms with Gasteiger partial charge in [0.15, 0.2) is 15.9 Å². The van der Waals surface area contributed by atoms with Gasteiger partial charge in [-0.2, -0.15) is 0 Å². The van der Waals surface area contributed by atoms with Crippen molar-refractivity contribution in [2.75, 3.05) is 13.2 Å². The molecule has 0 unspecified atom stereocenters. The second kappa shape index (κ2) is 7.23. The van der Waals surface area contributed by atoms with Crippen molar-refractivity contribution >= 4 is 27.1 Å². The van der Waals surface area contributed by atoms with E-state index in [9.17, 15) is 9.59 Å². The molecule has 0 saturated heterocycles. The third-order valence-electron chi connectivity index (χ3n) is 3.52. The van der Waals surface area contributed by atoms with Crippen molar-refractivity contribution < 1.29 is 4.74 Å². The predicted molar refractivity (Wildman–Crippen MR) is 88.3 cm³/mol. The molecule has 0 aliphatic carbocycles. The van der Waals surface area contributed by atoms with Gasteiger partial charge in [0.2, 0.25) is 0 Å². The summed E-state index contributed by atoms with van der Waals surface area (Å²) >= 11 is 3.34. The molecule has 7 nitrogen and oxygen atoms in total. The molecule has 22 heavy (non-hydrogen) atoms. The highest BCUT2D eigenvalue weighted by Gasteiger charge is 2.18. The molecule has 8 heteroatoms. The van der Waals surface area contributed by atoms with E-state index in [-0.39, 0.29) is 11.2 Å². The van der Waals surface area contributed by atoms with E-state index in [1.165, 1.54) is 9.13 Å². The second-order valence-corrected chi connectivity index (χ2v) is 5.77. The van der Waals surface area contributed by atoms with Crippen molar-refractivity contribution in [3.05, 3.63) is 25.6 Å². The summed E-state index contributed by atoms with van der Waals surface area (Å²) in [5.74, 6) is 0. The SMILES string of the molecule is CCCOCCCn1c(=O)c2c(nc(Br)n2CC)n(C)c1=O. The molecule has 0 aromatic carbocycles. The third-order valence-corrected chi connectivity index (χ3v) is 4.13. The summed E-state index contributed by atoms with van der Waals surface area (Å²) in [5, 5.41) is 0. The molecule has 0 spiro atoms. The smallest absolute Gasteiger partial charge is 0.332 e. The van der Waals surface area contributed by atoms with Gasteiger partial charge in [0, 0.05) is 33.4 Å². The Bertz CT molecular complexity index is 775. The zero-order valence-electron chi connectivity index (χ0n) is 13.1. The molecular formula is C14H21BrN4O3. The lowest BCUT2D eigenvalue weighted by Gasteiger charge is -2.09. The van der Waals surface area contributed by atoms with Gasteiger partial charge in [0.25, 0.3) is 5.56 Å². The number of fused-ring (bicyclic) bond motifs is 1. The van der Waals surface area contributed by atoms with Crippen LogP contribution in [0.1, 0.15) is 26.7 Å². The third kappa shape index (κ3) is 3.03. The first-order valence-electron chi connectivity index (χ1n) is 7.46. The second-order valence-electron chi connectivity index (χ2n) is 5.06. The van der Waals surface area contributed by atoms with Gasteiger partial charge in [-0.3, -0.25) is 13.9 Å². The fourth-order valence-corrected chi connectivity index (χ4v) is 3.00. The molecule has 2 aromatic heterocycles. The molecule has 0 fully saturated rings. The van der Waals surface area contributed by atoms with Crippen LogP contribution in [0.15, 0.2) is 14.3 Å². The molecule has 0 bridgehead atoms. The molecule has 0 aliphatic heterocycles. The Labute approximate surface area is 136 Å². The Morgan fingerprint density at radius 3 is 2.55 bits per heavy atom. The topological polar surface area (TPSA) is 71.1 Å². The molecule has 0 aliphatic rings. The van der Waals surface area contributed by atoms with E-state index in [1.807, 2.05) is 13.8 Å². The average Bonchev–Trinajstić information content (AvgIpc) is 2.84. The highest BCUT2D eigenvalue weighted by Crippen LogP contribution is 2.15. The van der Waals surface area contributed by atoms with Gasteiger partial charge in [0.05, 0.1) is 0 Å². The maximum absolute atomic E-state index is 12.6. The highest BCUT2D eigenvalue weighted by atomic mass is 79.9. The number of halogens is 1. The minimum Gasteiger partial charge on any atom is -0.381 e. The zero-order valence-corrected chi connectivity index (χ0v) is 14.7. The molecule has 0 N–H and O–H groups in total. The van der Waals surface area contributed by atoms with Crippen LogP contribution >= 0.6 is 15.9 Å². The number of imidazole rings is 1. The van der Waals surface area contributed by atoms with Crippen LogP contribution in [-0.2, 0) is 24.9 Å². The monoisotopic (exact) mass is 372 g/mol. The van der Waals surface area contributed by atoms with E-state index in [1.54, 1.807) is 11.6 Å². The molecular weight excluding hydrogens is 352 g/mol. The number of ether oxygens (including phenoxy) is 1. The van der Waals surface area contributed by atoms with Crippen LogP contribution in [0.5, 0.6) is 0 Å². The van der Waals surface area contributed by atoms with Crippen molar-refractivity contribution in [1.29, 1.82) is 0 Å². The summed E-state index contributed by atoms with van der Waals surface area (Å²) in [6.07, 6.45) is 1.58. The predicted octanol–water partition coefficient (Wildman–Crippen LogP) is 1.50. The van der Waals surface area contributed by atoms with Crippen LogP contribution in [-0.4, -0.2) is 31.9 Å². The normalized spacial score (nSPS) is 11.5. The Morgan fingerprint density at radius 2 is 1.91 bits per heavy atom. The van der Waals surface area contributed by atoms with Crippen molar-refractivity contribution in [1.82, 2.24) is 18.7 Å². The van der Waals surface area contributed by atoms with Crippen LogP contribution in [0.4, 0.5) is 0 Å². The lowest BCUT2D eigenvalue weighted by molar-refractivity contribution is 0.129. The minimum absolute atomic E-state index is 0.298. The van der Waals surface area contributed by atoms with E-state index in [2.05, 4.69) is 20.9 Å². The molecule has 122 valence electrons. The highest BCUT2D eigenvalue weighted by molar-refractivity contribution is 9.10. The van der Waals surface area contributed by atoms with Gasteiger partial charge in [0.1, 0.15) is 0 Å². The summed E-state index contributed by atoms with van der Waals surface area (Å²) < 4.78 is 10.4. The zero-order chi connectivity index (χ0) is 16.3. The van der Waals surface area contributed by atoms with Gasteiger partial charge < -0.3 is 9.30 Å². The molecule has 0 amide bonds. The Morgan fingerprint density at radius 1 is 1.18 bits per heavy atom. The maximum Gasteiger partial charge on any atom is 0.332 e. The Kier molecular flexibility index (Phi) is 5.57. The van der Waals surface area contributed by atoms with Gasteiger partial charge in [-0.05, 0) is 35.7 Å². The van der Waals surface area contributed by atoms with Crippen LogP contribution < -0.4 is 11.2 Å². The molecule has 2 heterocycles. The Hall–Kier alpha value is -1.41. The Balaban J connectivity index is 2.42. The van der Waals surface area contributed by atoms with E-state index in [0.29, 0.717) is 48.6 Å². The van der Waals surface area contributed by atoms with Gasteiger partial charge >= 0.3 is 5.69 Å². The average molecular weight is 373 g/mol. The summed E-state index contributed by atoms with van der Waals surface area (Å²) in [4.78, 5) is 29.3. The van der Waals surface area contributed by atoms with Crippen LogP contribution in [0.3, 0.4) is 0 Å². The number of rotatable bonds is 7. The first kappa shape index (κ1) is 17.0. The van der Waals surface area contributed by atoms with Crippen molar-refractivity contribution in [3.8, 4) is 0 Å². The van der Waals surface area contributed by atoms with Crippen molar-refractivity contribution in [3.63, 3.8) is 0 Å². The number of hydrogen-bond donors (Lipinski definition) is 0. The number of hydrogen-bond acceptors (Lipinski definition) is 4. The lowest BCUT2D eigenvalue weighted by Crippen LogP contribution is -2.39. The van der Waals surface area contributed by atoms with Crippen LogP contribution in [0.25, 0.3) is 11.2 Å². The van der Waals surface area contributed by atoms with Crippen LogP contribution in [0.2, 0.25) is 0 Å². The molecule has 2 rings (SSSR count). The standard InChI is InChI=1S/C14H21BrN4O3/c1-4-8-22-9-6-7-19-12(20)10-11(17(3)14(19)21)16-13(15)18(10)5-2/h4-9H2,1-3H3. The van der Waals surface area contributed by atoms with E-state index in [0.717, 1.165) is 6.42 Å². The molecule has 2 aromatic rings. The first-order valence-corrected chi connectivity index (χ1v) is 8.25. The van der Waals surface area contributed by atoms with E-state index >= 15 is 0 Å². The van der Waals surface area contributed by atoms with Crippen LogP contribution in [0, 0.1) is 0 Å². The van der Waals surface area contributed by atoms with Gasteiger partial charge in [-0.15, -0.1) is 0 Å². The number of nitrogens with zero attached hydrogens (tertiary/aromatic N) is 4. The van der Waals surface area contributed by atoms with Gasteiger partial charge in [-0.1, -0.05) is 6.92 Å². The van der Waals surface area contributed by atoms with E-state index in [4.69, 9.17) is 4.74 Å². The molecule has 0 saturated carbocycles. The minimum atomic E-state index is -0.346. The molecule has 0 atom stereocenters. The summed E-state index contributed by atoms with van der Waals surface area (Å²) in [5.41, 5.74) is 0.211. The fourth-order valence-electron chi connectivity index (χ4n) is 2.40. The maximum atomic E-state index is 12.6. The fraction of sp³-hybridized carbons (Fsp3) is 0.643. The lowest BCUT2D eigenvalue weighted by atomic mass is 10.4. The summed E-state index contributed by atoms with van der Waals surface area (Å²) in [6, 6.07) is 0. The van der Waals surface area contributed by atoms with E-state index < -0.39 is 0 Å². The number of aryl methyl sites for hydroxylation is 2. The summed E-state index contributed by atoms with van der Waals surface area (Å²) in [7, 11) is 1.63. The number of aromatic nitrogens is 4. The van der Waals surface area contributed by atoms with Crippen molar-refractivity contribution in [2.45, 2.75) is 39.8 Å². The summed E-state index contributed by atoms with van der Waals surface area (Å²) in [6.45, 7) is 6.15. The quantitative estimate of drug-likeness (QED) is 0.545. The largest absolute Gasteiger partial charge is 0.381 e. The first-order chi connectivity index (χ1) is 10.5.